The minimum atomic E-state index is -0.437. The molecule has 2 aliphatic rings. The van der Waals surface area contributed by atoms with E-state index < -0.39 is 11.6 Å². The first-order valence-corrected chi connectivity index (χ1v) is 5.66. The van der Waals surface area contributed by atoms with E-state index >= 15 is 0 Å². The van der Waals surface area contributed by atoms with Crippen LogP contribution in [0.25, 0.3) is 17.5 Å². The molecule has 8 heteroatoms. The molecule has 1 aromatic rings. The number of nitrogens with zero attached hydrogens (tertiary/aromatic N) is 5. The van der Waals surface area contributed by atoms with Crippen molar-refractivity contribution >= 4 is 17.0 Å². The Morgan fingerprint density at radius 1 is 1.10 bits per heavy atom. The molecule has 20 heavy (non-hydrogen) atoms. The minimum Gasteiger partial charge on any atom is -0.857 e. The maximum absolute atomic E-state index is 12.0. The van der Waals surface area contributed by atoms with Crippen LogP contribution in [0.5, 0.6) is 5.88 Å². The zero-order valence-corrected chi connectivity index (χ0v) is 12.6. The predicted octanol–water partition coefficient (Wildman–Crippen LogP) is -0.453. The van der Waals surface area contributed by atoms with E-state index in [0.717, 1.165) is 4.57 Å². The molecule has 0 atom stereocenters. The molecule has 0 saturated heterocycles. The van der Waals surface area contributed by atoms with E-state index in [1.807, 2.05) is 18.2 Å². The molecule has 3 rings (SSSR count). The van der Waals surface area contributed by atoms with Gasteiger partial charge in [-0.2, -0.15) is 0 Å². The monoisotopic (exact) mass is 337 g/mol. The van der Waals surface area contributed by atoms with Gasteiger partial charge in [-0.15, -0.1) is 17.0 Å². The van der Waals surface area contributed by atoms with E-state index in [9.17, 15) is 9.90 Å². The fourth-order valence-electron chi connectivity index (χ4n) is 1.91. The van der Waals surface area contributed by atoms with Gasteiger partial charge in [0.25, 0.3) is 5.82 Å². The molecule has 0 saturated carbocycles. The highest BCUT2D eigenvalue weighted by Gasteiger charge is 2.27. The molecule has 2 aliphatic heterocycles. The minimum absolute atomic E-state index is 0. The van der Waals surface area contributed by atoms with Crippen molar-refractivity contribution in [2.24, 2.45) is 14.1 Å². The van der Waals surface area contributed by atoms with Crippen molar-refractivity contribution in [2.75, 3.05) is 0 Å². The Morgan fingerprint density at radius 3 is 2.40 bits per heavy atom. The van der Waals surface area contributed by atoms with Crippen molar-refractivity contribution in [1.82, 2.24) is 19.1 Å². The summed E-state index contributed by atoms with van der Waals surface area (Å²) in [5, 5.41) is 12.0. The molecule has 0 bridgehead atoms. The van der Waals surface area contributed by atoms with Crippen LogP contribution in [0.1, 0.15) is 0 Å². The van der Waals surface area contributed by atoms with Crippen molar-refractivity contribution in [1.29, 1.82) is 0 Å². The van der Waals surface area contributed by atoms with Crippen molar-refractivity contribution in [2.45, 2.75) is 0 Å². The van der Waals surface area contributed by atoms with Gasteiger partial charge in [-0.25, -0.2) is 9.36 Å². The number of hydrogen-bond donors (Lipinski definition) is 0. The molecule has 0 spiro atoms. The SMILES string of the molecule is Br.Cn1c2nc(-[n+]3ccccc3)nc-2c([O-])n(C)c1=O. The third-order valence-corrected chi connectivity index (χ3v) is 2.97. The molecule has 7 nitrogen and oxygen atoms in total. The van der Waals surface area contributed by atoms with Crippen LogP contribution in [-0.2, 0) is 14.1 Å². The van der Waals surface area contributed by atoms with E-state index in [4.69, 9.17) is 0 Å². The number of halogens is 1. The van der Waals surface area contributed by atoms with Crippen LogP contribution in [0.3, 0.4) is 0 Å². The molecule has 0 aliphatic carbocycles. The summed E-state index contributed by atoms with van der Waals surface area (Å²) >= 11 is 0. The standard InChI is InChI=1S/C12H11N5O2.BrH/c1-15-9-8(10(18)16(2)12(15)19)13-11(14-9)17-6-4-3-5-7-17;/h3-7H,1-2H3;1H. The van der Waals surface area contributed by atoms with E-state index in [-0.39, 0.29) is 22.7 Å². The van der Waals surface area contributed by atoms with Gasteiger partial charge in [0.2, 0.25) is 5.69 Å². The summed E-state index contributed by atoms with van der Waals surface area (Å²) in [6.07, 6.45) is 3.55. The fraction of sp³-hybridized carbons (Fsp3) is 0.167. The Labute approximate surface area is 124 Å². The molecular weight excluding hydrogens is 326 g/mol. The molecule has 0 aromatic carbocycles. The van der Waals surface area contributed by atoms with Crippen molar-refractivity contribution in [3.8, 4) is 23.3 Å². The van der Waals surface area contributed by atoms with E-state index in [1.54, 1.807) is 24.0 Å². The first-order chi connectivity index (χ1) is 9.09. The number of aromatic nitrogens is 5. The second-order valence-corrected chi connectivity index (χ2v) is 4.18. The number of hydrogen-bond acceptors (Lipinski definition) is 4. The Hall–Kier alpha value is -2.22. The summed E-state index contributed by atoms with van der Waals surface area (Å²) in [5.74, 6) is 0.224. The third-order valence-electron chi connectivity index (χ3n) is 2.97. The molecule has 104 valence electrons. The average molecular weight is 338 g/mol. The largest absolute Gasteiger partial charge is 0.857 e. The van der Waals surface area contributed by atoms with Crippen molar-refractivity contribution in [3.63, 3.8) is 0 Å². The molecule has 0 fully saturated rings. The van der Waals surface area contributed by atoms with Crippen LogP contribution in [0.2, 0.25) is 0 Å². The second kappa shape index (κ2) is 5.04. The molecule has 3 heterocycles. The van der Waals surface area contributed by atoms with Gasteiger partial charge in [0.05, 0.1) is 12.4 Å². The zero-order valence-electron chi connectivity index (χ0n) is 10.8. The highest BCUT2D eigenvalue weighted by molar-refractivity contribution is 8.93. The second-order valence-electron chi connectivity index (χ2n) is 4.18. The van der Waals surface area contributed by atoms with E-state index in [0.29, 0.717) is 11.8 Å². The molecule has 1 aromatic heterocycles. The summed E-state index contributed by atoms with van der Waals surface area (Å²) in [7, 11) is 2.99. The van der Waals surface area contributed by atoms with E-state index in [1.165, 1.54) is 11.6 Å². The highest BCUT2D eigenvalue weighted by atomic mass is 79.9. The maximum atomic E-state index is 12.0. The lowest BCUT2D eigenvalue weighted by Gasteiger charge is -2.14. The van der Waals surface area contributed by atoms with Gasteiger partial charge in [0, 0.05) is 20.0 Å². The lowest BCUT2D eigenvalue weighted by atomic mass is 10.4. The van der Waals surface area contributed by atoms with Gasteiger partial charge in [-0.05, 0) is 17.1 Å². The number of pyridine rings is 1. The Kier molecular flexibility index (Phi) is 3.58. The number of rotatable bonds is 1. The molecular formula is C12H12BrN5O2. The van der Waals surface area contributed by atoms with Crippen LogP contribution in [-0.4, -0.2) is 19.1 Å². The van der Waals surface area contributed by atoms with Gasteiger partial charge in [0.15, 0.2) is 0 Å². The first kappa shape index (κ1) is 14.2. The topological polar surface area (TPSA) is 79.7 Å². The fourth-order valence-corrected chi connectivity index (χ4v) is 1.91. The maximum Gasteiger partial charge on any atom is 0.440 e. The number of fused-ring (bicyclic) bond motifs is 1. The molecule has 0 amide bonds. The highest BCUT2D eigenvalue weighted by Crippen LogP contribution is 2.23. The van der Waals surface area contributed by atoms with Gasteiger partial charge < -0.3 is 9.67 Å². The van der Waals surface area contributed by atoms with Crippen LogP contribution in [0.15, 0.2) is 35.4 Å². The van der Waals surface area contributed by atoms with E-state index in [2.05, 4.69) is 9.97 Å². The zero-order chi connectivity index (χ0) is 13.6. The van der Waals surface area contributed by atoms with Gasteiger partial charge in [-0.3, -0.25) is 4.57 Å². The van der Waals surface area contributed by atoms with Crippen LogP contribution in [0.4, 0.5) is 0 Å². The average Bonchev–Trinajstić information content (AvgIpc) is 2.89. The molecule has 0 unspecified atom stereocenters. The number of imidazole rings is 1. The van der Waals surface area contributed by atoms with Crippen LogP contribution < -0.4 is 15.4 Å². The smallest absolute Gasteiger partial charge is 0.440 e. The Bertz CT molecular complexity index is 781. The van der Waals surface area contributed by atoms with Crippen molar-refractivity contribution in [3.05, 3.63) is 41.1 Å². The predicted molar refractivity (Wildman–Crippen MR) is 74.2 cm³/mol. The summed E-state index contributed by atoms with van der Waals surface area (Å²) in [5.41, 5.74) is -0.224. The van der Waals surface area contributed by atoms with Crippen molar-refractivity contribution < 1.29 is 9.67 Å². The van der Waals surface area contributed by atoms with Gasteiger partial charge in [-0.1, -0.05) is 11.1 Å². The van der Waals surface area contributed by atoms with Gasteiger partial charge in [0.1, 0.15) is 0 Å². The molecule has 0 N–H and O–H groups in total. The third kappa shape index (κ3) is 1.97. The summed E-state index contributed by atoms with van der Waals surface area (Å²) in [6.45, 7) is 0. The summed E-state index contributed by atoms with van der Waals surface area (Å²) < 4.78 is 4.02. The lowest BCUT2D eigenvalue weighted by Crippen LogP contribution is -2.31. The lowest BCUT2D eigenvalue weighted by molar-refractivity contribution is -0.603. The quantitative estimate of drug-likeness (QED) is 0.563. The Balaban J connectivity index is 0.00000147. The Morgan fingerprint density at radius 2 is 1.75 bits per heavy atom. The van der Waals surface area contributed by atoms with Crippen LogP contribution in [0, 0.1) is 0 Å². The summed E-state index contributed by atoms with van der Waals surface area (Å²) in [4.78, 5) is 20.3. The first-order valence-electron chi connectivity index (χ1n) is 5.66. The van der Waals surface area contributed by atoms with Crippen LogP contribution >= 0.6 is 17.0 Å². The normalized spacial score (nSPS) is 10.5. The summed E-state index contributed by atoms with van der Waals surface area (Å²) in [6, 6.07) is 5.53. The molecule has 0 radical (unpaired) electrons. The van der Waals surface area contributed by atoms with Gasteiger partial charge >= 0.3 is 11.6 Å².